The fraction of sp³-hybridized carbons (Fsp3) is 0.643. The molecule has 104 valence electrons. The van der Waals surface area contributed by atoms with Crippen LogP contribution in [0.2, 0.25) is 0 Å². The number of nitrogen functional groups attached to an aromatic ring is 1. The molecule has 1 aliphatic carbocycles. The summed E-state index contributed by atoms with van der Waals surface area (Å²) in [5.41, 5.74) is 6.47. The SMILES string of the molecule is Nc1ccc(NCC2CCCO2)nc1OCC1CC1. The van der Waals surface area contributed by atoms with Gasteiger partial charge in [0.05, 0.1) is 18.4 Å². The summed E-state index contributed by atoms with van der Waals surface area (Å²) in [7, 11) is 0. The second-order valence-corrected chi connectivity index (χ2v) is 5.36. The van der Waals surface area contributed by atoms with Crippen molar-refractivity contribution < 1.29 is 9.47 Å². The average Bonchev–Trinajstić information content (AvgIpc) is 3.10. The van der Waals surface area contributed by atoms with Gasteiger partial charge >= 0.3 is 0 Å². The monoisotopic (exact) mass is 263 g/mol. The maximum Gasteiger partial charge on any atom is 0.239 e. The Morgan fingerprint density at radius 1 is 1.37 bits per heavy atom. The Hall–Kier alpha value is -1.49. The van der Waals surface area contributed by atoms with Gasteiger partial charge in [-0.05, 0) is 43.7 Å². The van der Waals surface area contributed by atoms with E-state index >= 15 is 0 Å². The van der Waals surface area contributed by atoms with Crippen LogP contribution in [-0.4, -0.2) is 30.8 Å². The van der Waals surface area contributed by atoms with Crippen molar-refractivity contribution in [2.24, 2.45) is 5.92 Å². The third kappa shape index (κ3) is 3.50. The number of nitrogens with zero attached hydrogens (tertiary/aromatic N) is 1. The van der Waals surface area contributed by atoms with Crippen molar-refractivity contribution in [3.8, 4) is 5.88 Å². The Kier molecular flexibility index (Phi) is 3.73. The van der Waals surface area contributed by atoms with Crippen LogP contribution in [0.15, 0.2) is 12.1 Å². The molecule has 1 unspecified atom stereocenters. The zero-order valence-electron chi connectivity index (χ0n) is 11.1. The average molecular weight is 263 g/mol. The molecule has 1 aliphatic heterocycles. The third-order valence-corrected chi connectivity index (χ3v) is 3.58. The van der Waals surface area contributed by atoms with Crippen LogP contribution in [-0.2, 0) is 4.74 Å². The van der Waals surface area contributed by atoms with E-state index < -0.39 is 0 Å². The maximum atomic E-state index is 5.87. The molecule has 0 aromatic carbocycles. The topological polar surface area (TPSA) is 69.4 Å². The molecule has 2 heterocycles. The minimum atomic E-state index is 0.301. The predicted molar refractivity (Wildman–Crippen MR) is 74.3 cm³/mol. The number of pyridine rings is 1. The molecule has 0 radical (unpaired) electrons. The number of nitrogens with two attached hydrogens (primary N) is 1. The summed E-state index contributed by atoms with van der Waals surface area (Å²) in [6.07, 6.45) is 5.09. The van der Waals surface area contributed by atoms with Gasteiger partial charge in [0.25, 0.3) is 0 Å². The van der Waals surface area contributed by atoms with E-state index in [-0.39, 0.29) is 0 Å². The van der Waals surface area contributed by atoms with Gasteiger partial charge in [-0.2, -0.15) is 4.98 Å². The van der Waals surface area contributed by atoms with E-state index in [1.165, 1.54) is 12.8 Å². The van der Waals surface area contributed by atoms with Gasteiger partial charge in [-0.15, -0.1) is 0 Å². The lowest BCUT2D eigenvalue weighted by Crippen LogP contribution is -2.19. The van der Waals surface area contributed by atoms with Gasteiger partial charge in [0.1, 0.15) is 5.82 Å². The summed E-state index contributed by atoms with van der Waals surface area (Å²) in [5, 5.41) is 3.29. The molecule has 3 rings (SSSR count). The Morgan fingerprint density at radius 3 is 3.00 bits per heavy atom. The van der Waals surface area contributed by atoms with Gasteiger partial charge in [-0.25, -0.2) is 0 Å². The molecule has 2 fully saturated rings. The van der Waals surface area contributed by atoms with Crippen LogP contribution >= 0.6 is 0 Å². The Labute approximate surface area is 113 Å². The Morgan fingerprint density at radius 2 is 2.26 bits per heavy atom. The highest BCUT2D eigenvalue weighted by atomic mass is 16.5. The van der Waals surface area contributed by atoms with Gasteiger partial charge in [-0.1, -0.05) is 0 Å². The molecule has 5 nitrogen and oxygen atoms in total. The summed E-state index contributed by atoms with van der Waals surface area (Å²) in [6.45, 7) is 2.39. The van der Waals surface area contributed by atoms with Crippen molar-refractivity contribution in [3.63, 3.8) is 0 Å². The number of nitrogens with one attached hydrogen (secondary N) is 1. The van der Waals surface area contributed by atoms with E-state index in [4.69, 9.17) is 15.2 Å². The molecule has 0 bridgehead atoms. The van der Waals surface area contributed by atoms with Crippen LogP contribution in [0, 0.1) is 5.92 Å². The molecule has 1 aromatic rings. The van der Waals surface area contributed by atoms with Crippen LogP contribution in [0.3, 0.4) is 0 Å². The highest BCUT2D eigenvalue weighted by molar-refractivity contribution is 5.53. The lowest BCUT2D eigenvalue weighted by atomic mass is 10.2. The maximum absolute atomic E-state index is 5.87. The van der Waals surface area contributed by atoms with E-state index in [1.807, 2.05) is 12.1 Å². The number of ether oxygens (including phenoxy) is 2. The molecular weight excluding hydrogens is 242 g/mol. The second-order valence-electron chi connectivity index (χ2n) is 5.36. The molecule has 3 N–H and O–H groups in total. The molecule has 19 heavy (non-hydrogen) atoms. The molecule has 1 atom stereocenters. The molecule has 1 aromatic heterocycles. The molecule has 1 saturated heterocycles. The normalized spacial score (nSPS) is 22.4. The summed E-state index contributed by atoms with van der Waals surface area (Å²) in [4.78, 5) is 4.42. The van der Waals surface area contributed by atoms with Gasteiger partial charge < -0.3 is 20.5 Å². The minimum absolute atomic E-state index is 0.301. The first-order valence-corrected chi connectivity index (χ1v) is 7.06. The van der Waals surface area contributed by atoms with Gasteiger partial charge in [0, 0.05) is 13.2 Å². The summed E-state index contributed by atoms with van der Waals surface area (Å²) in [5.74, 6) is 2.05. The van der Waals surface area contributed by atoms with Crippen LogP contribution in [0.25, 0.3) is 0 Å². The highest BCUT2D eigenvalue weighted by Crippen LogP contribution is 2.30. The predicted octanol–water partition coefficient (Wildman–Crippen LogP) is 2.04. The lowest BCUT2D eigenvalue weighted by molar-refractivity contribution is 0.120. The van der Waals surface area contributed by atoms with E-state index in [1.54, 1.807) is 0 Å². The first-order valence-electron chi connectivity index (χ1n) is 7.06. The highest BCUT2D eigenvalue weighted by Gasteiger charge is 2.22. The molecule has 2 aliphatic rings. The first kappa shape index (κ1) is 12.5. The Balaban J connectivity index is 1.55. The van der Waals surface area contributed by atoms with Crippen molar-refractivity contribution in [3.05, 3.63) is 12.1 Å². The number of rotatable bonds is 6. The molecule has 1 saturated carbocycles. The van der Waals surface area contributed by atoms with E-state index in [0.29, 0.717) is 23.6 Å². The standard InChI is InChI=1S/C14H21N3O2/c15-12-5-6-13(16-8-11-2-1-7-18-11)17-14(12)19-9-10-3-4-10/h5-6,10-11H,1-4,7-9,15H2,(H,16,17). The summed E-state index contributed by atoms with van der Waals surface area (Å²) in [6, 6.07) is 3.72. The first-order chi connectivity index (χ1) is 9.31. The number of hydrogen-bond acceptors (Lipinski definition) is 5. The van der Waals surface area contributed by atoms with Gasteiger partial charge in [0.2, 0.25) is 5.88 Å². The van der Waals surface area contributed by atoms with E-state index in [0.717, 1.165) is 38.4 Å². The van der Waals surface area contributed by atoms with E-state index in [9.17, 15) is 0 Å². The van der Waals surface area contributed by atoms with Crippen molar-refractivity contribution in [1.29, 1.82) is 0 Å². The number of hydrogen-bond donors (Lipinski definition) is 2. The second kappa shape index (κ2) is 5.65. The fourth-order valence-corrected chi connectivity index (χ4v) is 2.17. The van der Waals surface area contributed by atoms with Crippen molar-refractivity contribution in [1.82, 2.24) is 4.98 Å². The van der Waals surface area contributed by atoms with Crippen LogP contribution in [0.5, 0.6) is 5.88 Å². The third-order valence-electron chi connectivity index (χ3n) is 3.58. The van der Waals surface area contributed by atoms with Crippen LogP contribution in [0.1, 0.15) is 25.7 Å². The summed E-state index contributed by atoms with van der Waals surface area (Å²) < 4.78 is 11.2. The molecule has 0 spiro atoms. The molecule has 5 heteroatoms. The van der Waals surface area contributed by atoms with Crippen molar-refractivity contribution in [2.75, 3.05) is 30.8 Å². The zero-order chi connectivity index (χ0) is 13.1. The summed E-state index contributed by atoms with van der Waals surface area (Å²) >= 11 is 0. The van der Waals surface area contributed by atoms with Crippen LogP contribution < -0.4 is 15.8 Å². The van der Waals surface area contributed by atoms with Crippen molar-refractivity contribution in [2.45, 2.75) is 31.8 Å². The Bertz CT molecular complexity index is 429. The number of aromatic nitrogens is 1. The fourth-order valence-electron chi connectivity index (χ4n) is 2.17. The lowest BCUT2D eigenvalue weighted by Gasteiger charge is -2.13. The largest absolute Gasteiger partial charge is 0.476 e. The van der Waals surface area contributed by atoms with Crippen LogP contribution in [0.4, 0.5) is 11.5 Å². The zero-order valence-corrected chi connectivity index (χ0v) is 11.1. The van der Waals surface area contributed by atoms with Gasteiger partial charge in [-0.3, -0.25) is 0 Å². The smallest absolute Gasteiger partial charge is 0.239 e. The quantitative estimate of drug-likeness (QED) is 0.822. The number of anilines is 2. The minimum Gasteiger partial charge on any atom is -0.476 e. The molecular formula is C14H21N3O2. The van der Waals surface area contributed by atoms with Crippen molar-refractivity contribution >= 4 is 11.5 Å². The van der Waals surface area contributed by atoms with E-state index in [2.05, 4.69) is 10.3 Å². The molecule has 0 amide bonds. The van der Waals surface area contributed by atoms with Gasteiger partial charge in [0.15, 0.2) is 0 Å².